The number of unbranched alkanes of at least 4 members (excludes halogenated alkanes) is 4. The number of hydrogen-bond donors (Lipinski definition) is 0. The second-order valence-corrected chi connectivity index (χ2v) is 8.88. The molecule has 27 heavy (non-hydrogen) atoms. The zero-order valence-corrected chi connectivity index (χ0v) is 18.1. The molecule has 0 saturated carbocycles. The van der Waals surface area contributed by atoms with Crippen molar-refractivity contribution >= 4 is 16.0 Å². The van der Waals surface area contributed by atoms with Gasteiger partial charge in [-0.2, -0.15) is 8.42 Å². The standard InChI is InChI=1S/C21H35NO4S/c1-5-8-9-10-11-15-21(23)22(18(4)6-2)17-19-13-12-14-20(16-19)26-27(24,25)7-3/h12-14,16,18H,5-11,15,17H2,1-4H3. The van der Waals surface area contributed by atoms with Crippen LogP contribution in [0.2, 0.25) is 0 Å². The van der Waals surface area contributed by atoms with Crippen LogP contribution in [0, 0.1) is 0 Å². The molecule has 0 aromatic heterocycles. The molecule has 5 nitrogen and oxygen atoms in total. The minimum atomic E-state index is -3.56. The lowest BCUT2D eigenvalue weighted by Gasteiger charge is -2.29. The summed E-state index contributed by atoms with van der Waals surface area (Å²) in [7, 11) is -3.56. The molecule has 1 unspecified atom stereocenters. The molecule has 154 valence electrons. The van der Waals surface area contributed by atoms with Gasteiger partial charge >= 0.3 is 10.1 Å². The molecule has 1 aromatic carbocycles. The summed E-state index contributed by atoms with van der Waals surface area (Å²) in [6.45, 7) is 8.31. The summed E-state index contributed by atoms with van der Waals surface area (Å²) in [6, 6.07) is 7.13. The predicted octanol–water partition coefficient (Wildman–Crippen LogP) is 4.90. The first kappa shape index (κ1) is 23.5. The fourth-order valence-electron chi connectivity index (χ4n) is 2.83. The number of amides is 1. The Morgan fingerprint density at radius 3 is 2.44 bits per heavy atom. The molecule has 0 aliphatic heterocycles. The van der Waals surface area contributed by atoms with Gasteiger partial charge in [0.15, 0.2) is 0 Å². The molecule has 0 bridgehead atoms. The second-order valence-electron chi connectivity index (χ2n) is 7.02. The molecule has 0 saturated heterocycles. The summed E-state index contributed by atoms with van der Waals surface area (Å²) in [5, 5.41) is 0. The molecular formula is C21H35NO4S. The van der Waals surface area contributed by atoms with E-state index in [0.717, 1.165) is 24.8 Å². The Hall–Kier alpha value is -1.56. The Labute approximate surface area is 165 Å². The Bertz CT molecular complexity index is 673. The summed E-state index contributed by atoms with van der Waals surface area (Å²) in [6.07, 6.45) is 7.04. The highest BCUT2D eigenvalue weighted by molar-refractivity contribution is 7.87. The van der Waals surface area contributed by atoms with E-state index in [1.807, 2.05) is 11.0 Å². The van der Waals surface area contributed by atoms with Gasteiger partial charge in [-0.05, 0) is 44.4 Å². The van der Waals surface area contributed by atoms with Gasteiger partial charge in [-0.15, -0.1) is 0 Å². The van der Waals surface area contributed by atoms with Gasteiger partial charge in [-0.3, -0.25) is 4.79 Å². The summed E-state index contributed by atoms with van der Waals surface area (Å²) < 4.78 is 28.4. The number of nitrogens with zero attached hydrogens (tertiary/aromatic N) is 1. The van der Waals surface area contributed by atoms with E-state index < -0.39 is 10.1 Å². The van der Waals surface area contributed by atoms with E-state index in [-0.39, 0.29) is 17.7 Å². The topological polar surface area (TPSA) is 63.7 Å². The summed E-state index contributed by atoms with van der Waals surface area (Å²) >= 11 is 0. The van der Waals surface area contributed by atoms with Crippen molar-refractivity contribution < 1.29 is 17.4 Å². The molecule has 0 spiro atoms. The van der Waals surface area contributed by atoms with Crippen LogP contribution in [0.1, 0.15) is 78.2 Å². The molecule has 0 radical (unpaired) electrons. The summed E-state index contributed by atoms with van der Waals surface area (Å²) in [5.74, 6) is 0.381. The Morgan fingerprint density at radius 1 is 1.11 bits per heavy atom. The van der Waals surface area contributed by atoms with E-state index >= 15 is 0 Å². The fourth-order valence-corrected chi connectivity index (χ4v) is 3.35. The van der Waals surface area contributed by atoms with Crippen LogP contribution in [0.3, 0.4) is 0 Å². The third-order valence-corrected chi connectivity index (χ3v) is 5.92. The largest absolute Gasteiger partial charge is 0.382 e. The van der Waals surface area contributed by atoms with Crippen molar-refractivity contribution in [2.45, 2.75) is 85.2 Å². The minimum Gasteiger partial charge on any atom is -0.382 e. The van der Waals surface area contributed by atoms with Crippen molar-refractivity contribution in [3.8, 4) is 5.75 Å². The summed E-state index contributed by atoms with van der Waals surface area (Å²) in [4.78, 5) is 14.6. The normalized spacial score (nSPS) is 12.6. The van der Waals surface area contributed by atoms with E-state index in [2.05, 4.69) is 20.8 Å². The maximum atomic E-state index is 12.7. The van der Waals surface area contributed by atoms with Crippen molar-refractivity contribution in [1.29, 1.82) is 0 Å². The maximum Gasteiger partial charge on any atom is 0.308 e. The van der Waals surface area contributed by atoms with Crippen molar-refractivity contribution in [1.82, 2.24) is 4.90 Å². The van der Waals surface area contributed by atoms with Crippen molar-refractivity contribution in [2.24, 2.45) is 0 Å². The van der Waals surface area contributed by atoms with E-state index in [0.29, 0.717) is 18.7 Å². The van der Waals surface area contributed by atoms with E-state index in [4.69, 9.17) is 4.18 Å². The SMILES string of the molecule is CCCCCCCC(=O)N(Cc1cccc(OS(=O)(=O)CC)c1)C(C)CC. The minimum absolute atomic E-state index is 0.0766. The monoisotopic (exact) mass is 397 g/mol. The number of benzene rings is 1. The number of hydrogen-bond acceptors (Lipinski definition) is 4. The van der Waals surface area contributed by atoms with Gasteiger partial charge in [-0.1, -0.05) is 51.7 Å². The number of carbonyl (C=O) groups is 1. The first-order valence-electron chi connectivity index (χ1n) is 10.1. The first-order valence-corrected chi connectivity index (χ1v) is 11.7. The quantitative estimate of drug-likeness (QED) is 0.351. The van der Waals surface area contributed by atoms with Gasteiger partial charge in [0.1, 0.15) is 5.75 Å². The fraction of sp³-hybridized carbons (Fsp3) is 0.667. The van der Waals surface area contributed by atoms with Crippen LogP contribution in [-0.4, -0.2) is 31.0 Å². The average Bonchev–Trinajstić information content (AvgIpc) is 2.65. The van der Waals surface area contributed by atoms with Gasteiger partial charge < -0.3 is 9.08 Å². The second kappa shape index (κ2) is 12.0. The first-order chi connectivity index (χ1) is 12.8. The molecule has 6 heteroatoms. The number of rotatable bonds is 13. The Balaban J connectivity index is 2.77. The van der Waals surface area contributed by atoms with E-state index in [1.54, 1.807) is 25.1 Å². The highest BCUT2D eigenvalue weighted by Gasteiger charge is 2.19. The van der Waals surface area contributed by atoms with Gasteiger partial charge in [-0.25, -0.2) is 0 Å². The van der Waals surface area contributed by atoms with Crippen molar-refractivity contribution in [3.63, 3.8) is 0 Å². The lowest BCUT2D eigenvalue weighted by Crippen LogP contribution is -2.37. The third kappa shape index (κ3) is 8.78. The van der Waals surface area contributed by atoms with Crippen LogP contribution in [0.5, 0.6) is 5.75 Å². The van der Waals surface area contributed by atoms with Gasteiger partial charge in [0.05, 0.1) is 5.75 Å². The van der Waals surface area contributed by atoms with Gasteiger partial charge in [0.2, 0.25) is 5.91 Å². The van der Waals surface area contributed by atoms with Crippen LogP contribution in [-0.2, 0) is 21.5 Å². The van der Waals surface area contributed by atoms with Crippen molar-refractivity contribution in [2.75, 3.05) is 5.75 Å². The molecule has 1 aromatic rings. The molecule has 0 fully saturated rings. The van der Waals surface area contributed by atoms with E-state index in [9.17, 15) is 13.2 Å². The average molecular weight is 398 g/mol. The van der Waals surface area contributed by atoms with Crippen LogP contribution < -0.4 is 4.18 Å². The predicted molar refractivity (Wildman–Crippen MR) is 110 cm³/mol. The van der Waals surface area contributed by atoms with Crippen LogP contribution in [0.4, 0.5) is 0 Å². The molecule has 0 aliphatic carbocycles. The molecule has 0 N–H and O–H groups in total. The van der Waals surface area contributed by atoms with E-state index in [1.165, 1.54) is 19.3 Å². The Morgan fingerprint density at radius 2 is 1.81 bits per heavy atom. The zero-order chi connectivity index (χ0) is 20.3. The van der Waals surface area contributed by atoms with Gasteiger partial charge in [0, 0.05) is 19.0 Å². The molecule has 1 rings (SSSR count). The zero-order valence-electron chi connectivity index (χ0n) is 17.2. The smallest absolute Gasteiger partial charge is 0.308 e. The van der Waals surface area contributed by atoms with Crippen LogP contribution >= 0.6 is 0 Å². The lowest BCUT2D eigenvalue weighted by atomic mass is 10.1. The highest BCUT2D eigenvalue weighted by Crippen LogP contribution is 2.20. The van der Waals surface area contributed by atoms with Crippen molar-refractivity contribution in [3.05, 3.63) is 29.8 Å². The number of carbonyl (C=O) groups excluding carboxylic acids is 1. The summed E-state index contributed by atoms with van der Waals surface area (Å²) in [5.41, 5.74) is 0.874. The highest BCUT2D eigenvalue weighted by atomic mass is 32.2. The molecule has 0 heterocycles. The maximum absolute atomic E-state index is 12.7. The van der Waals surface area contributed by atoms with Gasteiger partial charge in [0.25, 0.3) is 0 Å². The molecule has 1 atom stereocenters. The molecular weight excluding hydrogens is 362 g/mol. The van der Waals surface area contributed by atoms with Crippen LogP contribution in [0.15, 0.2) is 24.3 Å². The third-order valence-electron chi connectivity index (χ3n) is 4.77. The molecule has 0 aliphatic rings. The lowest BCUT2D eigenvalue weighted by molar-refractivity contribution is -0.134. The Kier molecular flexibility index (Phi) is 10.4. The van der Waals surface area contributed by atoms with Crippen LogP contribution in [0.25, 0.3) is 0 Å². The molecule has 1 amide bonds.